The molecule has 9 nitrogen and oxygen atoms in total. The number of piperidine rings is 1. The fraction of sp³-hybridized carbons (Fsp3) is 0.522. The van der Waals surface area contributed by atoms with E-state index in [9.17, 15) is 18.0 Å². The number of nitrogens with zero attached hydrogens (tertiary/aromatic N) is 3. The maximum absolute atomic E-state index is 13.7. The van der Waals surface area contributed by atoms with Crippen molar-refractivity contribution in [2.45, 2.75) is 70.0 Å². The van der Waals surface area contributed by atoms with Gasteiger partial charge in [0.1, 0.15) is 11.9 Å². The van der Waals surface area contributed by atoms with Crippen LogP contribution < -0.4 is 20.5 Å². The van der Waals surface area contributed by atoms with Gasteiger partial charge >= 0.3 is 6.36 Å². The summed E-state index contributed by atoms with van der Waals surface area (Å²) in [6.07, 6.45) is -3.51. The highest BCUT2D eigenvalue weighted by Gasteiger charge is 2.46. The first-order chi connectivity index (χ1) is 16.7. The van der Waals surface area contributed by atoms with Crippen LogP contribution >= 0.6 is 0 Å². The third-order valence-electron chi connectivity index (χ3n) is 7.20. The predicted octanol–water partition coefficient (Wildman–Crippen LogP) is 2.69. The Bertz CT molecular complexity index is 1210. The number of nitrogens with one attached hydrogen (secondary N) is 1. The minimum atomic E-state index is -4.85. The molecule has 0 spiro atoms. The molecule has 0 bridgehead atoms. The van der Waals surface area contributed by atoms with Crippen molar-refractivity contribution in [3.63, 3.8) is 0 Å². The van der Waals surface area contributed by atoms with Gasteiger partial charge in [-0.3, -0.25) is 10.1 Å². The van der Waals surface area contributed by atoms with Crippen LogP contribution in [0.1, 0.15) is 59.9 Å². The molecule has 12 heteroatoms. The molecular weight excluding hydrogens is 467 g/mol. The van der Waals surface area contributed by atoms with E-state index < -0.39 is 24.3 Å². The monoisotopic (exact) mass is 491 g/mol. The summed E-state index contributed by atoms with van der Waals surface area (Å²) in [4.78, 5) is 24.0. The molecule has 186 valence electrons. The lowest BCUT2D eigenvalue weighted by Gasteiger charge is -2.39. The van der Waals surface area contributed by atoms with Crippen LogP contribution in [-0.2, 0) is 29.1 Å². The summed E-state index contributed by atoms with van der Waals surface area (Å²) in [6.45, 7) is 3.31. The number of rotatable bonds is 2. The number of halogens is 3. The molecule has 1 saturated heterocycles. The molecule has 0 aromatic carbocycles. The molecule has 4 atom stereocenters. The average Bonchev–Trinajstić information content (AvgIpc) is 3.38. The van der Waals surface area contributed by atoms with Gasteiger partial charge in [-0.05, 0) is 43.4 Å². The lowest BCUT2D eigenvalue weighted by molar-refractivity contribution is -0.276. The van der Waals surface area contributed by atoms with Crippen molar-refractivity contribution in [2.24, 2.45) is 0 Å². The van der Waals surface area contributed by atoms with E-state index in [2.05, 4.69) is 20.0 Å². The van der Waals surface area contributed by atoms with Crippen LogP contribution in [0.2, 0.25) is 0 Å². The summed E-state index contributed by atoms with van der Waals surface area (Å²) in [6, 6.07) is 1.77. The zero-order chi connectivity index (χ0) is 24.5. The second kappa shape index (κ2) is 7.95. The molecule has 2 aromatic rings. The Balaban J connectivity index is 1.26. The van der Waals surface area contributed by atoms with Crippen molar-refractivity contribution in [1.82, 2.24) is 20.2 Å². The van der Waals surface area contributed by atoms with E-state index in [1.165, 1.54) is 6.07 Å². The van der Waals surface area contributed by atoms with Crippen LogP contribution in [0.15, 0.2) is 12.1 Å². The molecule has 0 saturated carbocycles. The van der Waals surface area contributed by atoms with Gasteiger partial charge in [0.05, 0.1) is 30.5 Å². The van der Waals surface area contributed by atoms with E-state index in [1.807, 2.05) is 6.92 Å². The first-order valence-electron chi connectivity index (χ1n) is 11.6. The highest BCUT2D eigenvalue weighted by Crippen LogP contribution is 2.45. The fourth-order valence-electron chi connectivity index (χ4n) is 5.70. The van der Waals surface area contributed by atoms with Gasteiger partial charge in [0, 0.05) is 30.3 Å². The highest BCUT2D eigenvalue weighted by molar-refractivity contribution is 5.83. The zero-order valence-electron chi connectivity index (χ0n) is 18.9. The number of pyridine rings is 2. The van der Waals surface area contributed by atoms with Crippen molar-refractivity contribution in [3.8, 4) is 11.8 Å². The number of hydrogen-bond donors (Lipinski definition) is 2. The first kappa shape index (κ1) is 22.4. The number of amides is 1. The van der Waals surface area contributed by atoms with Crippen molar-refractivity contribution < 1.29 is 32.2 Å². The summed E-state index contributed by atoms with van der Waals surface area (Å²) in [7, 11) is 0. The van der Waals surface area contributed by atoms with Crippen molar-refractivity contribution in [3.05, 3.63) is 40.1 Å². The number of aromatic nitrogens is 2. The number of carbonyl (C=O) groups is 1. The lowest BCUT2D eigenvalue weighted by atomic mass is 9.89. The average molecular weight is 491 g/mol. The molecule has 1 fully saturated rings. The van der Waals surface area contributed by atoms with Crippen molar-refractivity contribution >= 4 is 11.7 Å². The molecule has 0 unspecified atom stereocenters. The van der Waals surface area contributed by atoms with Crippen LogP contribution in [0, 0.1) is 0 Å². The van der Waals surface area contributed by atoms with Gasteiger partial charge < -0.3 is 24.8 Å². The maximum Gasteiger partial charge on any atom is 0.574 e. The number of carbonyl (C=O) groups excluding carboxylic acids is 1. The van der Waals surface area contributed by atoms with Crippen LogP contribution in [0.5, 0.6) is 11.8 Å². The van der Waals surface area contributed by atoms with Gasteiger partial charge in [-0.15, -0.1) is 13.2 Å². The van der Waals surface area contributed by atoms with Gasteiger partial charge in [-0.2, -0.15) is 4.98 Å². The number of fused-ring (bicyclic) bond motifs is 6. The number of nitrogens with two attached hydrogens (primary N) is 1. The molecular formula is C23H24F3N5O4. The van der Waals surface area contributed by atoms with Gasteiger partial charge in [0.25, 0.3) is 0 Å². The minimum Gasteiger partial charge on any atom is -0.471 e. The molecule has 0 radical (unpaired) electrons. The molecule has 6 rings (SSSR count). The van der Waals surface area contributed by atoms with E-state index >= 15 is 0 Å². The summed E-state index contributed by atoms with van der Waals surface area (Å²) >= 11 is 0. The Labute approximate surface area is 198 Å². The van der Waals surface area contributed by atoms with E-state index in [1.54, 1.807) is 4.90 Å². The third kappa shape index (κ3) is 3.75. The molecule has 1 amide bonds. The number of likely N-dealkylation sites (tertiary alicyclic amines) is 1. The number of nitrogen functional groups attached to an aromatic ring is 1. The standard InChI is InChI=1S/C23H24F3N5O4/c1-10-18-13(9-33-10)12-7-14(28-8-15(12)29-20(18)27)22(32)31-6-2-3-16-19(31)11-4-5-17(30-21(11)34-16)35-23(24,25)26/h4-5,10,14,16,19,28H,2-3,6-9H2,1H3,(H2,27,29)/t10-,14-,16+,19+/m1/s1. The molecule has 0 aliphatic carbocycles. The predicted molar refractivity (Wildman–Crippen MR) is 115 cm³/mol. The molecule has 6 heterocycles. The summed E-state index contributed by atoms with van der Waals surface area (Å²) < 4.78 is 53.4. The Morgan fingerprint density at radius 2 is 2.11 bits per heavy atom. The normalized spacial score (nSPS) is 26.9. The highest BCUT2D eigenvalue weighted by atomic mass is 19.4. The number of hydrogen-bond acceptors (Lipinski definition) is 8. The smallest absolute Gasteiger partial charge is 0.471 e. The zero-order valence-corrected chi connectivity index (χ0v) is 18.9. The van der Waals surface area contributed by atoms with Crippen LogP contribution in [0.3, 0.4) is 0 Å². The molecule has 4 aliphatic heterocycles. The first-order valence-corrected chi connectivity index (χ1v) is 11.6. The van der Waals surface area contributed by atoms with E-state index in [-0.39, 0.29) is 24.0 Å². The number of alkyl halides is 3. The van der Waals surface area contributed by atoms with Gasteiger partial charge in [-0.1, -0.05) is 0 Å². The third-order valence-corrected chi connectivity index (χ3v) is 7.20. The second-order valence-corrected chi connectivity index (χ2v) is 9.27. The maximum atomic E-state index is 13.7. The summed E-state index contributed by atoms with van der Waals surface area (Å²) in [5.74, 6) is -0.132. The van der Waals surface area contributed by atoms with E-state index in [4.69, 9.17) is 15.2 Å². The van der Waals surface area contributed by atoms with Gasteiger partial charge in [0.2, 0.25) is 17.7 Å². The second-order valence-electron chi connectivity index (χ2n) is 9.27. The Hall–Kier alpha value is -3.12. The Morgan fingerprint density at radius 3 is 2.91 bits per heavy atom. The SMILES string of the molecule is C[C@H]1OCc2c3c(nc(N)c21)CN[C@@H](C(=O)N1CCC[C@@H]2Oc4nc(OC(F)(F)F)ccc4[C@@H]21)C3. The molecule has 3 N–H and O–H groups in total. The van der Waals surface area contributed by atoms with E-state index in [0.717, 1.165) is 34.9 Å². The van der Waals surface area contributed by atoms with E-state index in [0.29, 0.717) is 43.9 Å². The topological polar surface area (TPSA) is 112 Å². The molecule has 4 aliphatic rings. The molecule has 35 heavy (non-hydrogen) atoms. The fourth-order valence-corrected chi connectivity index (χ4v) is 5.70. The largest absolute Gasteiger partial charge is 0.574 e. The number of anilines is 1. The van der Waals surface area contributed by atoms with Crippen LogP contribution in [-0.4, -0.2) is 45.8 Å². The van der Waals surface area contributed by atoms with Crippen molar-refractivity contribution in [1.29, 1.82) is 0 Å². The minimum absolute atomic E-state index is 0.0760. The Morgan fingerprint density at radius 1 is 1.29 bits per heavy atom. The lowest BCUT2D eigenvalue weighted by Crippen LogP contribution is -2.54. The van der Waals surface area contributed by atoms with Crippen molar-refractivity contribution in [2.75, 3.05) is 12.3 Å². The summed E-state index contributed by atoms with van der Waals surface area (Å²) in [5.41, 5.74) is 10.5. The Kier molecular flexibility index (Phi) is 5.08. The van der Waals surface area contributed by atoms with Gasteiger partial charge in [-0.25, -0.2) is 4.98 Å². The molecule has 2 aromatic heterocycles. The quantitative estimate of drug-likeness (QED) is 0.660. The van der Waals surface area contributed by atoms with Crippen LogP contribution in [0.25, 0.3) is 0 Å². The van der Waals surface area contributed by atoms with Crippen LogP contribution in [0.4, 0.5) is 19.0 Å². The number of ether oxygens (including phenoxy) is 3. The summed E-state index contributed by atoms with van der Waals surface area (Å²) in [5, 5.41) is 3.29. The van der Waals surface area contributed by atoms with Gasteiger partial charge in [0.15, 0.2) is 0 Å².